The number of aromatic hydroxyl groups is 1. The zero-order chi connectivity index (χ0) is 31.5. The fourth-order valence-corrected chi connectivity index (χ4v) is 7.38. The number of rotatable bonds is 7. The van der Waals surface area contributed by atoms with E-state index in [1.165, 1.54) is 11.0 Å². The lowest BCUT2D eigenvalue weighted by atomic mass is 9.52. The molecule has 2 fully saturated rings. The van der Waals surface area contributed by atoms with E-state index < -0.39 is 64.4 Å². The Bertz CT molecular complexity index is 1700. The summed E-state index contributed by atoms with van der Waals surface area (Å²) in [6.45, 7) is 1.09. The minimum Gasteiger partial charge on any atom is -0.507 e. The number of phenolic OH excluding ortho intramolecular Hbond substituents is 1. The van der Waals surface area contributed by atoms with Crippen LogP contribution in [0.15, 0.2) is 59.0 Å². The second-order valence-electron chi connectivity index (χ2n) is 12.1. The Morgan fingerprint density at radius 3 is 2.43 bits per heavy atom. The molecule has 0 bridgehead atoms. The number of benzene rings is 2. The lowest BCUT2D eigenvalue weighted by Gasteiger charge is -2.52. The molecule has 0 radical (unpaired) electrons. The monoisotopic (exact) mass is 599 g/mol. The van der Waals surface area contributed by atoms with Gasteiger partial charge in [0, 0.05) is 18.0 Å². The van der Waals surface area contributed by atoms with E-state index in [0.29, 0.717) is 35.7 Å². The van der Waals surface area contributed by atoms with E-state index in [1.807, 2.05) is 36.4 Å². The van der Waals surface area contributed by atoms with Crippen LogP contribution in [-0.2, 0) is 38.7 Å². The van der Waals surface area contributed by atoms with Gasteiger partial charge in [-0.1, -0.05) is 30.3 Å². The molecule has 6 rings (SSSR count). The Balaban J connectivity index is 1.34. The topological polar surface area (TPSA) is 180 Å². The molecule has 1 amide bonds. The lowest BCUT2D eigenvalue weighted by Crippen LogP contribution is -2.74. The van der Waals surface area contributed by atoms with Crippen LogP contribution in [-0.4, -0.2) is 69.9 Å². The van der Waals surface area contributed by atoms with Crippen molar-refractivity contribution >= 4 is 29.0 Å². The first-order chi connectivity index (χ1) is 20.9. The summed E-state index contributed by atoms with van der Waals surface area (Å²) in [5.74, 6) is -9.66. The maximum Gasteiger partial charge on any atom is 0.235 e. The fraction of sp³-hybridized carbons (Fsp3) is 0.364. The number of ketones is 4. The highest BCUT2D eigenvalue weighted by Gasteiger charge is 2.69. The van der Waals surface area contributed by atoms with E-state index in [1.54, 1.807) is 26.2 Å². The van der Waals surface area contributed by atoms with Gasteiger partial charge < -0.3 is 25.7 Å². The molecule has 11 heteroatoms. The molecule has 0 spiro atoms. The van der Waals surface area contributed by atoms with Gasteiger partial charge in [0.2, 0.25) is 5.91 Å². The molecule has 44 heavy (non-hydrogen) atoms. The number of phenols is 1. The molecule has 6 atom stereocenters. The maximum absolute atomic E-state index is 14.0. The van der Waals surface area contributed by atoms with Crippen molar-refractivity contribution in [3.63, 3.8) is 0 Å². The van der Waals surface area contributed by atoms with Crippen molar-refractivity contribution in [3.05, 3.63) is 77.0 Å². The molecular weight excluding hydrogens is 566 g/mol. The number of nitrogens with zero attached hydrogens (tertiary/aromatic N) is 1. The summed E-state index contributed by atoms with van der Waals surface area (Å²) in [7, 11) is 3.10. The zero-order valence-corrected chi connectivity index (χ0v) is 24.3. The van der Waals surface area contributed by atoms with E-state index in [9.17, 15) is 34.2 Å². The summed E-state index contributed by atoms with van der Waals surface area (Å²) in [5, 5.41) is 25.8. The summed E-state index contributed by atoms with van der Waals surface area (Å²) in [5.41, 5.74) is 4.72. The first kappa shape index (κ1) is 29.6. The number of hydrogen-bond donors (Lipinski definition) is 4. The lowest BCUT2D eigenvalue weighted by molar-refractivity contribution is -0.181. The van der Waals surface area contributed by atoms with Gasteiger partial charge in [0.15, 0.2) is 34.7 Å². The number of nitrogens with two attached hydrogens (primary N) is 1. The third-order valence-corrected chi connectivity index (χ3v) is 9.34. The summed E-state index contributed by atoms with van der Waals surface area (Å²) in [6.07, 6.45) is 0.129. The highest BCUT2D eigenvalue weighted by Crippen LogP contribution is 2.51. The SMILES string of the molecule is CN(C)C1C(=O)C(C(N)=O)C(=O)[C@]2(O)C(=O)C3C(=O)c4c(O)ccc(-c5ccc(CNCc6ccccc6)o5)c4C[C@@H]3C[C@H]12. The Hall–Kier alpha value is -4.45. The van der Waals surface area contributed by atoms with Crippen molar-refractivity contribution in [2.24, 2.45) is 29.4 Å². The Labute approximate surface area is 253 Å². The number of nitrogens with one attached hydrogen (secondary N) is 1. The number of likely N-dealkylation sites (N-methyl/N-ethyl adjacent to an activating group) is 1. The molecule has 3 aliphatic rings. The predicted molar refractivity (Wildman–Crippen MR) is 156 cm³/mol. The predicted octanol–water partition coefficient (Wildman–Crippen LogP) is 1.42. The molecule has 3 aliphatic carbocycles. The number of Topliss-reactive ketones (excluding diaryl/α,β-unsaturated/α-hetero) is 4. The van der Waals surface area contributed by atoms with E-state index >= 15 is 0 Å². The summed E-state index contributed by atoms with van der Waals surface area (Å²) >= 11 is 0. The van der Waals surface area contributed by atoms with Gasteiger partial charge in [-0.05, 0) is 68.2 Å². The Morgan fingerprint density at radius 1 is 1.02 bits per heavy atom. The van der Waals surface area contributed by atoms with Crippen molar-refractivity contribution in [1.29, 1.82) is 0 Å². The van der Waals surface area contributed by atoms with E-state index in [-0.39, 0.29) is 24.2 Å². The summed E-state index contributed by atoms with van der Waals surface area (Å²) < 4.78 is 6.12. The molecule has 0 saturated heterocycles. The van der Waals surface area contributed by atoms with E-state index in [2.05, 4.69) is 5.32 Å². The standard InChI is InChI=1S/C33H33N3O8/c1-36(2)27-21-13-17-12-20-19(23-11-8-18(44-23)15-35-14-16-6-4-3-5-7-16)9-10-22(37)25(20)28(38)24(17)30(40)33(21,43)31(41)26(29(27)39)32(34)42/h3-11,17,21,24,26-27,35,37,43H,12-15H2,1-2H3,(H2,34,42)/t17-,21-,24?,26?,27?,33-/m1/s1. The number of furan rings is 1. The number of amides is 1. The minimum atomic E-state index is -2.76. The van der Waals surface area contributed by atoms with Crippen LogP contribution in [0.5, 0.6) is 5.75 Å². The summed E-state index contributed by atoms with van der Waals surface area (Å²) in [4.78, 5) is 68.2. The zero-order valence-electron chi connectivity index (χ0n) is 24.3. The number of fused-ring (bicyclic) bond motifs is 3. The van der Waals surface area contributed by atoms with Crippen LogP contribution in [0.4, 0.5) is 0 Å². The molecule has 3 aromatic rings. The normalized spacial score (nSPS) is 28.0. The van der Waals surface area contributed by atoms with Crippen LogP contribution in [0.25, 0.3) is 11.3 Å². The van der Waals surface area contributed by atoms with Crippen LogP contribution >= 0.6 is 0 Å². The van der Waals surface area contributed by atoms with Crippen molar-refractivity contribution in [1.82, 2.24) is 10.2 Å². The maximum atomic E-state index is 14.0. The third-order valence-electron chi connectivity index (χ3n) is 9.34. The average Bonchev–Trinajstić information content (AvgIpc) is 3.44. The van der Waals surface area contributed by atoms with Crippen molar-refractivity contribution in [3.8, 4) is 17.1 Å². The molecule has 0 aliphatic heterocycles. The van der Waals surface area contributed by atoms with Crippen LogP contribution in [0.2, 0.25) is 0 Å². The first-order valence-corrected chi connectivity index (χ1v) is 14.5. The Morgan fingerprint density at radius 2 is 1.75 bits per heavy atom. The first-order valence-electron chi connectivity index (χ1n) is 14.5. The van der Waals surface area contributed by atoms with Crippen LogP contribution in [0, 0.1) is 23.7 Å². The van der Waals surface area contributed by atoms with E-state index in [0.717, 1.165) is 5.56 Å². The van der Waals surface area contributed by atoms with Crippen molar-refractivity contribution in [2.45, 2.75) is 37.6 Å². The van der Waals surface area contributed by atoms with Crippen molar-refractivity contribution < 1.29 is 38.6 Å². The number of primary amides is 1. The quantitative estimate of drug-likeness (QED) is 0.290. The van der Waals surface area contributed by atoms with Crippen LogP contribution < -0.4 is 11.1 Å². The fourth-order valence-electron chi connectivity index (χ4n) is 7.38. The molecule has 3 unspecified atom stereocenters. The number of carbonyl (C=O) groups excluding carboxylic acids is 5. The Kier molecular flexibility index (Phi) is 7.35. The summed E-state index contributed by atoms with van der Waals surface area (Å²) in [6, 6.07) is 15.3. The molecule has 1 heterocycles. The average molecular weight is 600 g/mol. The molecule has 228 valence electrons. The molecule has 1 aromatic heterocycles. The van der Waals surface area contributed by atoms with Gasteiger partial charge in [0.1, 0.15) is 17.3 Å². The largest absolute Gasteiger partial charge is 0.507 e. The second-order valence-corrected chi connectivity index (χ2v) is 12.1. The smallest absolute Gasteiger partial charge is 0.235 e. The third kappa shape index (κ3) is 4.50. The molecule has 5 N–H and O–H groups in total. The highest BCUT2D eigenvalue weighted by atomic mass is 16.3. The minimum absolute atomic E-state index is 0.0220. The molecule has 2 aromatic carbocycles. The van der Waals surface area contributed by atoms with Crippen LogP contribution in [0.1, 0.15) is 33.7 Å². The number of carbonyl (C=O) groups is 5. The van der Waals surface area contributed by atoms with Gasteiger partial charge in [-0.2, -0.15) is 0 Å². The van der Waals surface area contributed by atoms with Gasteiger partial charge in [0.05, 0.1) is 24.1 Å². The van der Waals surface area contributed by atoms with Gasteiger partial charge in [0.25, 0.3) is 0 Å². The van der Waals surface area contributed by atoms with Crippen LogP contribution in [0.3, 0.4) is 0 Å². The highest BCUT2D eigenvalue weighted by molar-refractivity contribution is 6.32. The number of aliphatic hydroxyl groups is 1. The van der Waals surface area contributed by atoms with Gasteiger partial charge in [-0.25, -0.2) is 0 Å². The van der Waals surface area contributed by atoms with Crippen molar-refractivity contribution in [2.75, 3.05) is 14.1 Å². The van der Waals surface area contributed by atoms with Gasteiger partial charge >= 0.3 is 0 Å². The number of hydrogen-bond acceptors (Lipinski definition) is 10. The van der Waals surface area contributed by atoms with Gasteiger partial charge in [-0.15, -0.1) is 0 Å². The molecule has 11 nitrogen and oxygen atoms in total. The van der Waals surface area contributed by atoms with E-state index in [4.69, 9.17) is 10.2 Å². The molecule has 2 saturated carbocycles. The van der Waals surface area contributed by atoms with Gasteiger partial charge in [-0.3, -0.25) is 28.9 Å². The molecular formula is C33H33N3O8. The second kappa shape index (κ2) is 10.9.